The number of ether oxygens (including phenoxy) is 1. The molecule has 0 radical (unpaired) electrons. The van der Waals surface area contributed by atoms with Crippen LogP contribution in [0.5, 0.6) is 5.75 Å². The fourth-order valence-corrected chi connectivity index (χ4v) is 3.60. The minimum absolute atomic E-state index is 0. The number of anilines is 1. The number of aromatic nitrogens is 3. The van der Waals surface area contributed by atoms with E-state index in [0.29, 0.717) is 34.6 Å². The van der Waals surface area contributed by atoms with Crippen molar-refractivity contribution in [3.63, 3.8) is 0 Å². The van der Waals surface area contributed by atoms with E-state index >= 15 is 0 Å². The lowest BCUT2D eigenvalue weighted by Crippen LogP contribution is -2.06. The molecule has 0 spiro atoms. The molecule has 1 N–H and O–H groups in total. The molecule has 31 heavy (non-hydrogen) atoms. The largest absolute Gasteiger partial charge is 0.495 e. The number of nitrogens with one attached hydrogen (secondary N) is 1. The Morgan fingerprint density at radius 1 is 0.935 bits per heavy atom. The van der Waals surface area contributed by atoms with Gasteiger partial charge in [0.1, 0.15) is 5.75 Å². The SMILES string of the molecule is COc1ccc(CNc2nnc(Cc3cccnc3)c3ccc(Cl)cc23)cc1Cl.Cl.Cl. The van der Waals surface area contributed by atoms with Gasteiger partial charge in [-0.25, -0.2) is 0 Å². The van der Waals surface area contributed by atoms with Crippen molar-refractivity contribution < 1.29 is 4.74 Å². The molecule has 5 nitrogen and oxygen atoms in total. The third-order valence-electron chi connectivity index (χ3n) is 4.59. The molecule has 0 saturated heterocycles. The molecule has 0 atom stereocenters. The van der Waals surface area contributed by atoms with Gasteiger partial charge in [-0.3, -0.25) is 4.98 Å². The summed E-state index contributed by atoms with van der Waals surface area (Å²) in [6, 6.07) is 15.4. The predicted octanol–water partition coefficient (Wildman–Crippen LogP) is 6.39. The Labute approximate surface area is 203 Å². The van der Waals surface area contributed by atoms with Crippen molar-refractivity contribution in [1.29, 1.82) is 0 Å². The maximum Gasteiger partial charge on any atom is 0.156 e. The summed E-state index contributed by atoms with van der Waals surface area (Å²) in [4.78, 5) is 4.17. The zero-order chi connectivity index (χ0) is 20.2. The van der Waals surface area contributed by atoms with Crippen LogP contribution >= 0.6 is 48.0 Å². The third-order valence-corrected chi connectivity index (χ3v) is 5.12. The van der Waals surface area contributed by atoms with E-state index in [9.17, 15) is 0 Å². The second-order valence-electron chi connectivity index (χ2n) is 6.55. The number of halogens is 4. The highest BCUT2D eigenvalue weighted by molar-refractivity contribution is 6.32. The number of methoxy groups -OCH3 is 1. The Hall–Kier alpha value is -2.31. The number of pyridine rings is 1. The highest BCUT2D eigenvalue weighted by Crippen LogP contribution is 2.29. The second-order valence-corrected chi connectivity index (χ2v) is 7.39. The van der Waals surface area contributed by atoms with E-state index in [0.717, 1.165) is 27.6 Å². The lowest BCUT2D eigenvalue weighted by molar-refractivity contribution is 0.415. The van der Waals surface area contributed by atoms with Crippen molar-refractivity contribution in [3.8, 4) is 5.75 Å². The Morgan fingerprint density at radius 2 is 1.77 bits per heavy atom. The Kier molecular flexibility index (Phi) is 9.14. The number of hydrogen-bond acceptors (Lipinski definition) is 5. The van der Waals surface area contributed by atoms with Gasteiger partial charge >= 0.3 is 0 Å². The van der Waals surface area contributed by atoms with E-state index < -0.39 is 0 Å². The summed E-state index contributed by atoms with van der Waals surface area (Å²) in [5.74, 6) is 1.32. The fourth-order valence-electron chi connectivity index (χ4n) is 3.14. The lowest BCUT2D eigenvalue weighted by Gasteiger charge is -2.12. The molecule has 0 amide bonds. The van der Waals surface area contributed by atoms with Crippen LogP contribution in [0.4, 0.5) is 5.82 Å². The average Bonchev–Trinajstić information content (AvgIpc) is 2.74. The molecule has 0 fully saturated rings. The third kappa shape index (κ3) is 5.89. The molecule has 0 unspecified atom stereocenters. The Balaban J connectivity index is 0.00000171. The topological polar surface area (TPSA) is 59.9 Å². The predicted molar refractivity (Wildman–Crippen MR) is 131 cm³/mol. The summed E-state index contributed by atoms with van der Waals surface area (Å²) in [5, 5.41) is 15.4. The molecule has 0 aliphatic heterocycles. The number of fused-ring (bicyclic) bond motifs is 1. The van der Waals surface area contributed by atoms with Gasteiger partial charge in [-0.2, -0.15) is 5.10 Å². The van der Waals surface area contributed by atoms with Crippen LogP contribution in [0.3, 0.4) is 0 Å². The zero-order valence-electron chi connectivity index (χ0n) is 16.5. The van der Waals surface area contributed by atoms with Crippen molar-refractivity contribution in [2.45, 2.75) is 13.0 Å². The van der Waals surface area contributed by atoms with Gasteiger partial charge in [0, 0.05) is 41.2 Å². The van der Waals surface area contributed by atoms with Crippen molar-refractivity contribution in [1.82, 2.24) is 15.2 Å². The first-order valence-corrected chi connectivity index (χ1v) is 9.79. The number of rotatable bonds is 6. The van der Waals surface area contributed by atoms with E-state index in [1.165, 1.54) is 0 Å². The molecule has 2 aromatic heterocycles. The zero-order valence-corrected chi connectivity index (χ0v) is 19.7. The maximum atomic E-state index is 6.26. The van der Waals surface area contributed by atoms with Crippen LogP contribution in [-0.2, 0) is 13.0 Å². The summed E-state index contributed by atoms with van der Waals surface area (Å²) in [6.45, 7) is 0.544. The fraction of sp³-hybridized carbons (Fsp3) is 0.136. The van der Waals surface area contributed by atoms with Gasteiger partial charge in [0.2, 0.25) is 0 Å². The van der Waals surface area contributed by atoms with Gasteiger partial charge in [0.05, 0.1) is 17.8 Å². The number of hydrogen-bond donors (Lipinski definition) is 1. The van der Waals surface area contributed by atoms with Gasteiger partial charge in [0.25, 0.3) is 0 Å². The quantitative estimate of drug-likeness (QED) is 0.334. The summed E-state index contributed by atoms with van der Waals surface area (Å²) in [5.41, 5.74) is 2.96. The monoisotopic (exact) mass is 496 g/mol. The molecule has 0 aliphatic rings. The minimum atomic E-state index is 0. The van der Waals surface area contributed by atoms with Crippen molar-refractivity contribution in [2.75, 3.05) is 12.4 Å². The summed E-state index contributed by atoms with van der Waals surface area (Å²) in [7, 11) is 1.59. The van der Waals surface area contributed by atoms with Crippen LogP contribution < -0.4 is 10.1 Å². The summed E-state index contributed by atoms with van der Waals surface area (Å²) >= 11 is 12.5. The maximum absolute atomic E-state index is 6.26. The average molecular weight is 498 g/mol. The molecular weight excluding hydrogens is 478 g/mol. The van der Waals surface area contributed by atoms with Crippen LogP contribution in [0.15, 0.2) is 60.9 Å². The van der Waals surface area contributed by atoms with Crippen molar-refractivity contribution in [3.05, 3.63) is 87.8 Å². The first-order valence-electron chi connectivity index (χ1n) is 9.04. The van der Waals surface area contributed by atoms with Gasteiger partial charge in [0.15, 0.2) is 5.82 Å². The normalized spacial score (nSPS) is 10.2. The van der Waals surface area contributed by atoms with Crippen LogP contribution in [0.1, 0.15) is 16.8 Å². The summed E-state index contributed by atoms with van der Waals surface area (Å²) in [6.07, 6.45) is 4.24. The highest BCUT2D eigenvalue weighted by Gasteiger charge is 2.11. The van der Waals surface area contributed by atoms with Crippen molar-refractivity contribution in [2.24, 2.45) is 0 Å². The molecule has 0 bridgehead atoms. The minimum Gasteiger partial charge on any atom is -0.495 e. The summed E-state index contributed by atoms with van der Waals surface area (Å²) < 4.78 is 5.20. The molecular formula is C22H20Cl4N4O. The smallest absolute Gasteiger partial charge is 0.156 e. The highest BCUT2D eigenvalue weighted by atomic mass is 35.5. The van der Waals surface area contributed by atoms with Crippen LogP contribution in [-0.4, -0.2) is 22.3 Å². The standard InChI is InChI=1S/C22H18Cl2N4O.2ClH/c1-29-21-7-4-15(9-19(21)24)13-26-22-18-11-16(23)5-6-17(18)20(27-28-22)10-14-3-2-8-25-12-14;;/h2-9,11-12H,10,13H2,1H3,(H,26,28);2*1H. The van der Waals surface area contributed by atoms with E-state index in [4.69, 9.17) is 27.9 Å². The van der Waals surface area contributed by atoms with Crippen LogP contribution in [0, 0.1) is 0 Å². The molecule has 0 saturated carbocycles. The van der Waals surface area contributed by atoms with E-state index in [1.54, 1.807) is 13.3 Å². The lowest BCUT2D eigenvalue weighted by atomic mass is 10.1. The molecule has 0 aliphatic carbocycles. The van der Waals surface area contributed by atoms with Gasteiger partial charge in [-0.15, -0.1) is 29.9 Å². The van der Waals surface area contributed by atoms with Gasteiger partial charge < -0.3 is 10.1 Å². The van der Waals surface area contributed by atoms with E-state index in [1.807, 2.05) is 54.7 Å². The molecule has 4 aromatic rings. The molecule has 162 valence electrons. The van der Waals surface area contributed by atoms with Gasteiger partial charge in [-0.05, 0) is 41.5 Å². The van der Waals surface area contributed by atoms with Crippen LogP contribution in [0.25, 0.3) is 10.8 Å². The second kappa shape index (κ2) is 11.3. The number of benzene rings is 2. The Bertz CT molecular complexity index is 1160. The van der Waals surface area contributed by atoms with E-state index in [-0.39, 0.29) is 24.8 Å². The molecule has 2 heterocycles. The first-order chi connectivity index (χ1) is 14.1. The Morgan fingerprint density at radius 3 is 2.48 bits per heavy atom. The molecule has 9 heteroatoms. The molecule has 2 aromatic carbocycles. The van der Waals surface area contributed by atoms with Crippen LogP contribution in [0.2, 0.25) is 10.0 Å². The number of nitrogens with zero attached hydrogens (tertiary/aromatic N) is 3. The molecule has 4 rings (SSSR count). The van der Waals surface area contributed by atoms with Crippen molar-refractivity contribution >= 4 is 64.6 Å². The van der Waals surface area contributed by atoms with E-state index in [2.05, 4.69) is 20.5 Å². The first kappa shape index (κ1) is 25.0. The van der Waals surface area contributed by atoms with Gasteiger partial charge in [-0.1, -0.05) is 41.4 Å².